The zero-order chi connectivity index (χ0) is 14.2. The normalized spacial score (nSPS) is 30.8. The van der Waals surface area contributed by atoms with E-state index in [9.17, 15) is 4.79 Å². The number of amides is 1. The first-order valence-electron chi connectivity index (χ1n) is 6.88. The fraction of sp³-hybridized carbons (Fsp3) is 0.692. The molecule has 1 aromatic heterocycles. The van der Waals surface area contributed by atoms with Crippen LogP contribution in [0, 0.1) is 5.41 Å². The van der Waals surface area contributed by atoms with Crippen LogP contribution < -0.4 is 10.6 Å². The number of carbonyl (C=O) groups is 1. The molecule has 0 saturated carbocycles. The van der Waals surface area contributed by atoms with E-state index in [1.807, 2.05) is 23.4 Å². The lowest BCUT2D eigenvalue weighted by molar-refractivity contribution is -0.142. The van der Waals surface area contributed by atoms with Gasteiger partial charge in [-0.3, -0.25) is 4.79 Å². The molecule has 2 atom stereocenters. The van der Waals surface area contributed by atoms with Gasteiger partial charge in [-0.25, -0.2) is 4.98 Å². The van der Waals surface area contributed by atoms with Crippen LogP contribution in [0.1, 0.15) is 6.92 Å². The number of thiazole rings is 1. The summed E-state index contributed by atoms with van der Waals surface area (Å²) in [5, 5.41) is 3.01. The van der Waals surface area contributed by atoms with Crippen LogP contribution in [0.5, 0.6) is 0 Å². The van der Waals surface area contributed by atoms with Crippen molar-refractivity contribution < 1.29 is 9.53 Å². The van der Waals surface area contributed by atoms with Gasteiger partial charge in [0.2, 0.25) is 5.91 Å². The van der Waals surface area contributed by atoms with Crippen LogP contribution in [0.3, 0.4) is 0 Å². The summed E-state index contributed by atoms with van der Waals surface area (Å²) in [6.07, 6.45) is 1.81. The molecule has 0 aliphatic carbocycles. The van der Waals surface area contributed by atoms with E-state index in [0.717, 1.165) is 31.3 Å². The minimum atomic E-state index is -0.566. The Bertz CT molecular complexity index is 473. The summed E-state index contributed by atoms with van der Waals surface area (Å²) < 4.78 is 5.37. The molecule has 20 heavy (non-hydrogen) atoms. The Balaban J connectivity index is 1.62. The predicted molar refractivity (Wildman–Crippen MR) is 77.8 cm³/mol. The van der Waals surface area contributed by atoms with Gasteiger partial charge >= 0.3 is 0 Å². The molecule has 0 radical (unpaired) electrons. The van der Waals surface area contributed by atoms with E-state index in [2.05, 4.69) is 9.88 Å². The third kappa shape index (κ3) is 2.30. The first kappa shape index (κ1) is 13.8. The second-order valence-corrected chi connectivity index (χ2v) is 6.51. The van der Waals surface area contributed by atoms with Gasteiger partial charge in [-0.2, -0.15) is 0 Å². The van der Waals surface area contributed by atoms with Gasteiger partial charge in [0.25, 0.3) is 0 Å². The maximum Gasteiger partial charge on any atom is 0.232 e. The first-order chi connectivity index (χ1) is 9.61. The van der Waals surface area contributed by atoms with Crippen molar-refractivity contribution in [3.8, 4) is 0 Å². The smallest absolute Gasteiger partial charge is 0.232 e. The quantitative estimate of drug-likeness (QED) is 0.841. The molecule has 2 aliphatic rings. The van der Waals surface area contributed by atoms with Crippen LogP contribution in [0.25, 0.3) is 0 Å². The van der Waals surface area contributed by atoms with E-state index in [1.165, 1.54) is 0 Å². The van der Waals surface area contributed by atoms with Crippen molar-refractivity contribution in [1.29, 1.82) is 0 Å². The molecule has 0 spiro atoms. The van der Waals surface area contributed by atoms with E-state index in [0.29, 0.717) is 13.2 Å². The Hall–Kier alpha value is -1.18. The molecule has 2 N–H and O–H groups in total. The predicted octanol–water partition coefficient (Wildman–Crippen LogP) is 0.156. The highest BCUT2D eigenvalue weighted by atomic mass is 32.1. The molecule has 3 heterocycles. The van der Waals surface area contributed by atoms with Crippen LogP contribution >= 0.6 is 11.3 Å². The number of hydrogen-bond donors (Lipinski definition) is 1. The molecule has 2 unspecified atom stereocenters. The third-order valence-corrected chi connectivity index (χ3v) is 5.10. The minimum Gasteiger partial charge on any atom is -0.379 e. The highest BCUT2D eigenvalue weighted by molar-refractivity contribution is 7.13. The number of nitrogens with two attached hydrogens (primary N) is 1. The molecule has 110 valence electrons. The van der Waals surface area contributed by atoms with E-state index < -0.39 is 5.41 Å². The van der Waals surface area contributed by atoms with Crippen molar-refractivity contribution in [2.24, 2.45) is 11.1 Å². The average molecular weight is 296 g/mol. The van der Waals surface area contributed by atoms with Gasteiger partial charge in [0, 0.05) is 43.8 Å². The standard InChI is InChI=1S/C13H20N4O2S/c1-13(9-19-8-10(13)14)11(18)16-3-5-17(6-4-16)12-15-2-7-20-12/h2,7,10H,3-6,8-9,14H2,1H3. The minimum absolute atomic E-state index is 0.126. The monoisotopic (exact) mass is 296 g/mol. The van der Waals surface area contributed by atoms with Gasteiger partial charge in [-0.1, -0.05) is 0 Å². The van der Waals surface area contributed by atoms with Gasteiger partial charge in [-0.05, 0) is 6.92 Å². The summed E-state index contributed by atoms with van der Waals surface area (Å²) in [7, 11) is 0. The number of hydrogen-bond acceptors (Lipinski definition) is 6. The summed E-state index contributed by atoms with van der Waals surface area (Å²) in [6, 6.07) is -0.202. The van der Waals surface area contributed by atoms with Crippen molar-refractivity contribution in [1.82, 2.24) is 9.88 Å². The summed E-state index contributed by atoms with van der Waals surface area (Å²) >= 11 is 1.64. The van der Waals surface area contributed by atoms with Crippen molar-refractivity contribution >= 4 is 22.4 Å². The van der Waals surface area contributed by atoms with Crippen LogP contribution in [-0.2, 0) is 9.53 Å². The zero-order valence-corrected chi connectivity index (χ0v) is 12.4. The Morgan fingerprint density at radius 3 is 2.80 bits per heavy atom. The molecular formula is C13H20N4O2S. The van der Waals surface area contributed by atoms with Gasteiger partial charge in [-0.15, -0.1) is 11.3 Å². The summed E-state index contributed by atoms with van der Waals surface area (Å²) in [6.45, 7) is 5.92. The second-order valence-electron chi connectivity index (χ2n) is 5.63. The van der Waals surface area contributed by atoms with Gasteiger partial charge in [0.1, 0.15) is 0 Å². The topological polar surface area (TPSA) is 71.7 Å². The molecular weight excluding hydrogens is 276 g/mol. The van der Waals surface area contributed by atoms with E-state index in [-0.39, 0.29) is 11.9 Å². The molecule has 0 bridgehead atoms. The van der Waals surface area contributed by atoms with Crippen molar-refractivity contribution in [2.75, 3.05) is 44.3 Å². The number of carbonyl (C=O) groups excluding carboxylic acids is 1. The molecule has 3 rings (SSSR count). The van der Waals surface area contributed by atoms with E-state index in [4.69, 9.17) is 10.5 Å². The summed E-state index contributed by atoms with van der Waals surface area (Å²) in [4.78, 5) is 21.1. The van der Waals surface area contributed by atoms with Crippen molar-refractivity contribution in [3.05, 3.63) is 11.6 Å². The lowest BCUT2D eigenvalue weighted by atomic mass is 9.84. The largest absolute Gasteiger partial charge is 0.379 e. The molecule has 1 amide bonds. The van der Waals surface area contributed by atoms with Crippen LogP contribution in [0.4, 0.5) is 5.13 Å². The fourth-order valence-corrected chi connectivity index (χ4v) is 3.44. The molecule has 7 heteroatoms. The molecule has 2 aliphatic heterocycles. The first-order valence-corrected chi connectivity index (χ1v) is 7.76. The maximum atomic E-state index is 12.7. The van der Waals surface area contributed by atoms with Crippen molar-refractivity contribution in [2.45, 2.75) is 13.0 Å². The van der Waals surface area contributed by atoms with Crippen LogP contribution in [-0.4, -0.2) is 61.2 Å². The number of rotatable bonds is 2. The average Bonchev–Trinajstić information content (AvgIpc) is 3.10. The molecule has 1 aromatic rings. The van der Waals surface area contributed by atoms with Gasteiger partial charge in [0.15, 0.2) is 5.13 Å². The van der Waals surface area contributed by atoms with E-state index >= 15 is 0 Å². The van der Waals surface area contributed by atoms with Gasteiger partial charge in [0.05, 0.1) is 18.6 Å². The lowest BCUT2D eigenvalue weighted by Gasteiger charge is -2.39. The molecule has 2 saturated heterocycles. The summed E-state index contributed by atoms with van der Waals surface area (Å²) in [5.41, 5.74) is 5.47. The Labute approximate surface area is 122 Å². The summed E-state index contributed by atoms with van der Waals surface area (Å²) in [5.74, 6) is 0.126. The molecule has 0 aromatic carbocycles. The number of aromatic nitrogens is 1. The number of piperazine rings is 1. The zero-order valence-electron chi connectivity index (χ0n) is 11.6. The highest BCUT2D eigenvalue weighted by Crippen LogP contribution is 2.30. The van der Waals surface area contributed by atoms with E-state index in [1.54, 1.807) is 11.3 Å². The van der Waals surface area contributed by atoms with Crippen molar-refractivity contribution in [3.63, 3.8) is 0 Å². The Kier molecular flexibility index (Phi) is 3.66. The molecule has 6 nitrogen and oxygen atoms in total. The highest BCUT2D eigenvalue weighted by Gasteiger charge is 2.46. The maximum absolute atomic E-state index is 12.7. The van der Waals surface area contributed by atoms with Crippen LogP contribution in [0.2, 0.25) is 0 Å². The number of ether oxygens (including phenoxy) is 1. The fourth-order valence-electron chi connectivity index (χ4n) is 2.74. The second kappa shape index (κ2) is 5.31. The van der Waals surface area contributed by atoms with Crippen LogP contribution in [0.15, 0.2) is 11.6 Å². The van der Waals surface area contributed by atoms with Gasteiger partial charge < -0.3 is 20.3 Å². The number of nitrogens with zero attached hydrogens (tertiary/aromatic N) is 3. The third-order valence-electron chi connectivity index (χ3n) is 4.26. The Morgan fingerprint density at radius 1 is 1.50 bits per heavy atom. The molecule has 2 fully saturated rings. The SMILES string of the molecule is CC1(C(=O)N2CCN(c3nccs3)CC2)COCC1N. The Morgan fingerprint density at radius 2 is 2.25 bits per heavy atom. The lowest BCUT2D eigenvalue weighted by Crippen LogP contribution is -2.56. The number of anilines is 1.